The standard InChI is InChI=1S/C13H16N4O2/c1-8(9(2)14)12(18)16-11-5-3-4-10(6-11)13-17-15-7-19-13/h3-9H,14H2,1-2H3,(H,16,18). The number of amides is 1. The Labute approximate surface area is 111 Å². The molecule has 3 N–H and O–H groups in total. The van der Waals surface area contributed by atoms with Crippen LogP contribution in [0.1, 0.15) is 13.8 Å². The highest BCUT2D eigenvalue weighted by molar-refractivity contribution is 5.93. The predicted molar refractivity (Wildman–Crippen MR) is 71.2 cm³/mol. The number of nitrogens with one attached hydrogen (secondary N) is 1. The van der Waals surface area contributed by atoms with E-state index in [0.29, 0.717) is 11.6 Å². The average molecular weight is 260 g/mol. The smallest absolute Gasteiger partial charge is 0.247 e. The third-order valence-corrected chi connectivity index (χ3v) is 2.94. The monoisotopic (exact) mass is 260 g/mol. The fourth-order valence-electron chi connectivity index (χ4n) is 1.52. The van der Waals surface area contributed by atoms with Crippen molar-refractivity contribution < 1.29 is 9.21 Å². The highest BCUT2D eigenvalue weighted by Gasteiger charge is 2.17. The molecule has 19 heavy (non-hydrogen) atoms. The fraction of sp³-hybridized carbons (Fsp3) is 0.308. The quantitative estimate of drug-likeness (QED) is 0.871. The summed E-state index contributed by atoms with van der Waals surface area (Å²) in [5.74, 6) is 0.0427. The summed E-state index contributed by atoms with van der Waals surface area (Å²) in [5.41, 5.74) is 7.13. The van der Waals surface area contributed by atoms with E-state index in [1.165, 1.54) is 6.39 Å². The molecule has 2 rings (SSSR count). The zero-order valence-corrected chi connectivity index (χ0v) is 10.8. The van der Waals surface area contributed by atoms with Crippen molar-refractivity contribution in [1.29, 1.82) is 0 Å². The van der Waals surface area contributed by atoms with Gasteiger partial charge in [0.25, 0.3) is 0 Å². The van der Waals surface area contributed by atoms with Crippen LogP contribution >= 0.6 is 0 Å². The summed E-state index contributed by atoms with van der Waals surface area (Å²) in [6.07, 6.45) is 1.26. The maximum atomic E-state index is 11.9. The van der Waals surface area contributed by atoms with Gasteiger partial charge in [0.15, 0.2) is 0 Å². The van der Waals surface area contributed by atoms with E-state index in [0.717, 1.165) is 5.56 Å². The molecule has 6 nitrogen and oxygen atoms in total. The van der Waals surface area contributed by atoms with Crippen molar-refractivity contribution in [2.24, 2.45) is 11.7 Å². The maximum absolute atomic E-state index is 11.9. The predicted octanol–water partition coefficient (Wildman–Crippen LogP) is 1.66. The Morgan fingerprint density at radius 1 is 1.42 bits per heavy atom. The highest BCUT2D eigenvalue weighted by Crippen LogP contribution is 2.20. The molecule has 0 aliphatic rings. The molecule has 1 heterocycles. The Morgan fingerprint density at radius 3 is 2.84 bits per heavy atom. The Kier molecular flexibility index (Phi) is 3.91. The van der Waals surface area contributed by atoms with Crippen LogP contribution in [0.2, 0.25) is 0 Å². The maximum Gasteiger partial charge on any atom is 0.247 e. The number of aromatic nitrogens is 2. The van der Waals surface area contributed by atoms with Gasteiger partial charge in [-0.25, -0.2) is 0 Å². The van der Waals surface area contributed by atoms with Crippen molar-refractivity contribution in [3.8, 4) is 11.5 Å². The van der Waals surface area contributed by atoms with Crippen LogP contribution in [0.25, 0.3) is 11.5 Å². The van der Waals surface area contributed by atoms with Crippen LogP contribution in [0.15, 0.2) is 35.1 Å². The number of anilines is 1. The zero-order valence-electron chi connectivity index (χ0n) is 10.8. The van der Waals surface area contributed by atoms with Crippen LogP contribution < -0.4 is 11.1 Å². The van der Waals surface area contributed by atoms with E-state index in [4.69, 9.17) is 10.2 Å². The van der Waals surface area contributed by atoms with Crippen molar-refractivity contribution >= 4 is 11.6 Å². The lowest BCUT2D eigenvalue weighted by Gasteiger charge is -2.15. The summed E-state index contributed by atoms with van der Waals surface area (Å²) in [5, 5.41) is 10.3. The molecule has 0 bridgehead atoms. The minimum absolute atomic E-state index is 0.113. The third kappa shape index (κ3) is 3.17. The number of nitrogens with two attached hydrogens (primary N) is 1. The number of carbonyl (C=O) groups excluding carboxylic acids is 1. The van der Waals surface area contributed by atoms with Gasteiger partial charge in [-0.3, -0.25) is 4.79 Å². The molecule has 100 valence electrons. The summed E-state index contributed by atoms with van der Waals surface area (Å²) < 4.78 is 5.11. The van der Waals surface area contributed by atoms with Crippen molar-refractivity contribution in [3.05, 3.63) is 30.7 Å². The van der Waals surface area contributed by atoms with Crippen LogP contribution in [0, 0.1) is 5.92 Å². The van der Waals surface area contributed by atoms with Gasteiger partial charge in [-0.1, -0.05) is 13.0 Å². The van der Waals surface area contributed by atoms with E-state index < -0.39 is 0 Å². The van der Waals surface area contributed by atoms with Crippen LogP contribution in [-0.4, -0.2) is 22.1 Å². The van der Waals surface area contributed by atoms with Gasteiger partial charge in [-0.05, 0) is 25.1 Å². The summed E-state index contributed by atoms with van der Waals surface area (Å²) in [6.45, 7) is 3.60. The van der Waals surface area contributed by atoms with Crippen molar-refractivity contribution in [2.75, 3.05) is 5.32 Å². The first-order valence-electron chi connectivity index (χ1n) is 6.01. The molecule has 2 aromatic rings. The molecule has 0 fully saturated rings. The summed E-state index contributed by atoms with van der Waals surface area (Å²) in [7, 11) is 0. The molecular weight excluding hydrogens is 244 g/mol. The molecule has 0 saturated heterocycles. The second kappa shape index (κ2) is 5.62. The van der Waals surface area contributed by atoms with Gasteiger partial charge in [-0.15, -0.1) is 10.2 Å². The van der Waals surface area contributed by atoms with Gasteiger partial charge in [0, 0.05) is 17.3 Å². The minimum Gasteiger partial charge on any atom is -0.423 e. The Bertz CT molecular complexity index is 552. The molecule has 0 saturated carbocycles. The van der Waals surface area contributed by atoms with Crippen LogP contribution in [0.3, 0.4) is 0 Å². The number of carbonyl (C=O) groups is 1. The van der Waals surface area contributed by atoms with Crippen molar-refractivity contribution in [1.82, 2.24) is 10.2 Å². The Balaban J connectivity index is 2.14. The van der Waals surface area contributed by atoms with Gasteiger partial charge in [0.2, 0.25) is 18.2 Å². The molecule has 0 spiro atoms. The number of benzene rings is 1. The summed E-state index contributed by atoms with van der Waals surface area (Å²) in [6, 6.07) is 7.02. The van der Waals surface area contributed by atoms with Crippen LogP contribution in [0.5, 0.6) is 0 Å². The lowest BCUT2D eigenvalue weighted by atomic mass is 10.0. The topological polar surface area (TPSA) is 94.0 Å². The lowest BCUT2D eigenvalue weighted by Crippen LogP contribution is -2.34. The summed E-state index contributed by atoms with van der Waals surface area (Å²) >= 11 is 0. The first-order valence-corrected chi connectivity index (χ1v) is 6.01. The van der Waals surface area contributed by atoms with E-state index in [2.05, 4.69) is 15.5 Å². The molecule has 2 atom stereocenters. The molecule has 2 unspecified atom stereocenters. The summed E-state index contributed by atoms with van der Waals surface area (Å²) in [4.78, 5) is 11.9. The number of rotatable bonds is 4. The molecular formula is C13H16N4O2. The lowest BCUT2D eigenvalue weighted by molar-refractivity contribution is -0.119. The van der Waals surface area contributed by atoms with Gasteiger partial charge < -0.3 is 15.5 Å². The Hall–Kier alpha value is -2.21. The largest absolute Gasteiger partial charge is 0.423 e. The minimum atomic E-state index is -0.257. The van der Waals surface area contributed by atoms with E-state index in [1.807, 2.05) is 12.1 Å². The van der Waals surface area contributed by atoms with Crippen LogP contribution in [0.4, 0.5) is 5.69 Å². The SMILES string of the molecule is CC(N)C(C)C(=O)Nc1cccc(-c2nnco2)c1. The molecule has 0 aliphatic carbocycles. The third-order valence-electron chi connectivity index (χ3n) is 2.94. The van der Waals surface area contributed by atoms with Gasteiger partial charge in [0.05, 0.1) is 5.92 Å². The molecule has 0 radical (unpaired) electrons. The number of hydrogen-bond donors (Lipinski definition) is 2. The van der Waals surface area contributed by atoms with E-state index in [-0.39, 0.29) is 17.9 Å². The number of hydrogen-bond acceptors (Lipinski definition) is 5. The van der Waals surface area contributed by atoms with Gasteiger partial charge >= 0.3 is 0 Å². The molecule has 6 heteroatoms. The molecule has 0 aliphatic heterocycles. The normalized spacial score (nSPS) is 13.8. The average Bonchev–Trinajstić information content (AvgIpc) is 2.91. The fourth-order valence-corrected chi connectivity index (χ4v) is 1.52. The molecule has 1 amide bonds. The number of nitrogens with zero attached hydrogens (tertiary/aromatic N) is 2. The van der Waals surface area contributed by atoms with Gasteiger partial charge in [-0.2, -0.15) is 0 Å². The zero-order chi connectivity index (χ0) is 13.8. The van der Waals surface area contributed by atoms with E-state index in [1.54, 1.807) is 26.0 Å². The highest BCUT2D eigenvalue weighted by atomic mass is 16.4. The van der Waals surface area contributed by atoms with Crippen molar-refractivity contribution in [2.45, 2.75) is 19.9 Å². The van der Waals surface area contributed by atoms with Crippen molar-refractivity contribution in [3.63, 3.8) is 0 Å². The molecule has 1 aromatic carbocycles. The second-order valence-corrected chi connectivity index (χ2v) is 4.46. The Morgan fingerprint density at radius 2 is 2.21 bits per heavy atom. The van der Waals surface area contributed by atoms with E-state index in [9.17, 15) is 4.79 Å². The second-order valence-electron chi connectivity index (χ2n) is 4.46. The first-order chi connectivity index (χ1) is 9.08. The van der Waals surface area contributed by atoms with Crippen LogP contribution in [-0.2, 0) is 4.79 Å². The first kappa shape index (κ1) is 13.2. The van der Waals surface area contributed by atoms with Gasteiger partial charge in [0.1, 0.15) is 0 Å². The van der Waals surface area contributed by atoms with E-state index >= 15 is 0 Å². The molecule has 1 aromatic heterocycles.